The second-order valence-electron chi connectivity index (χ2n) is 8.78. The average molecular weight is 508 g/mol. The van der Waals surface area contributed by atoms with E-state index in [9.17, 15) is 22.8 Å². The Morgan fingerprint density at radius 3 is 2.57 bits per heavy atom. The highest BCUT2D eigenvalue weighted by Gasteiger charge is 2.35. The molecule has 2 aliphatic rings. The van der Waals surface area contributed by atoms with Crippen molar-refractivity contribution in [3.8, 4) is 11.5 Å². The first-order chi connectivity index (χ1) is 17.7. The molecule has 5 rings (SSSR count). The van der Waals surface area contributed by atoms with Crippen molar-refractivity contribution in [2.24, 2.45) is 0 Å². The number of halogens is 3. The Hall–Kier alpha value is -4.27. The molecule has 0 saturated carbocycles. The van der Waals surface area contributed by atoms with Crippen LogP contribution in [0.25, 0.3) is 11.6 Å². The van der Waals surface area contributed by atoms with E-state index in [1.165, 1.54) is 18.2 Å². The zero-order chi connectivity index (χ0) is 26.2. The lowest BCUT2D eigenvalue weighted by molar-refractivity contribution is -0.138. The highest BCUT2D eigenvalue weighted by molar-refractivity contribution is 6.34. The molecule has 2 aliphatic heterocycles. The Balaban J connectivity index is 1.37. The summed E-state index contributed by atoms with van der Waals surface area (Å²) in [4.78, 5) is 25.7. The molecule has 190 valence electrons. The summed E-state index contributed by atoms with van der Waals surface area (Å²) in [6.07, 6.45) is -3.01. The van der Waals surface area contributed by atoms with Crippen molar-refractivity contribution in [2.45, 2.75) is 25.6 Å². The van der Waals surface area contributed by atoms with Gasteiger partial charge in [-0.3, -0.25) is 4.79 Å². The summed E-state index contributed by atoms with van der Waals surface area (Å²) in [5, 5.41) is 2.71. The van der Waals surface area contributed by atoms with E-state index in [2.05, 4.69) is 5.32 Å². The standard InChI is InChI=1S/C28H23F3N2O4/c1-2-33-19(16-36-27(33)35)13-17-7-10-20(11-8-17)37-25-12-9-18(15-23(25)28(29,30)31)14-22-21-5-3-4-6-24(21)32-26(22)34/h3-12,14-15,19H,2,13,16H2,1H3,(H,32,34). The van der Waals surface area contributed by atoms with Gasteiger partial charge in [0.1, 0.15) is 18.1 Å². The zero-order valence-electron chi connectivity index (χ0n) is 19.8. The van der Waals surface area contributed by atoms with E-state index in [1.54, 1.807) is 53.4 Å². The van der Waals surface area contributed by atoms with Crippen molar-refractivity contribution in [3.63, 3.8) is 0 Å². The number of rotatable bonds is 6. The Kier molecular flexibility index (Phi) is 6.37. The summed E-state index contributed by atoms with van der Waals surface area (Å²) in [7, 11) is 0. The second-order valence-corrected chi connectivity index (χ2v) is 8.78. The van der Waals surface area contributed by atoms with E-state index in [4.69, 9.17) is 9.47 Å². The summed E-state index contributed by atoms with van der Waals surface area (Å²) in [5.41, 5.74) is 1.74. The number of nitrogens with one attached hydrogen (secondary N) is 1. The quantitative estimate of drug-likeness (QED) is 0.393. The third-order valence-electron chi connectivity index (χ3n) is 6.37. The number of hydrogen-bond donors (Lipinski definition) is 1. The second kappa shape index (κ2) is 9.65. The fourth-order valence-electron chi connectivity index (χ4n) is 4.54. The topological polar surface area (TPSA) is 67.9 Å². The van der Waals surface area contributed by atoms with Gasteiger partial charge in [-0.05, 0) is 60.9 Å². The van der Waals surface area contributed by atoms with Crippen molar-refractivity contribution in [1.82, 2.24) is 4.90 Å². The van der Waals surface area contributed by atoms with Gasteiger partial charge in [0, 0.05) is 23.4 Å². The van der Waals surface area contributed by atoms with E-state index < -0.39 is 11.7 Å². The Morgan fingerprint density at radius 1 is 1.08 bits per heavy atom. The predicted molar refractivity (Wildman–Crippen MR) is 132 cm³/mol. The number of ether oxygens (including phenoxy) is 2. The molecule has 0 spiro atoms. The summed E-state index contributed by atoms with van der Waals surface area (Å²) in [5.74, 6) is -0.466. The molecule has 0 radical (unpaired) electrons. The molecular formula is C28H23F3N2O4. The number of amides is 2. The number of alkyl halides is 3. The van der Waals surface area contributed by atoms with Gasteiger partial charge in [0.15, 0.2) is 0 Å². The number of para-hydroxylation sites is 1. The fourth-order valence-corrected chi connectivity index (χ4v) is 4.54. The number of carbonyl (C=O) groups excluding carboxylic acids is 2. The minimum Gasteiger partial charge on any atom is -0.457 e. The van der Waals surface area contributed by atoms with Gasteiger partial charge in [0.2, 0.25) is 0 Å². The molecule has 9 heteroatoms. The van der Waals surface area contributed by atoms with Gasteiger partial charge in [-0.25, -0.2) is 4.79 Å². The number of likely N-dealkylation sites (N-methyl/N-ethyl adjacent to an activating group) is 1. The maximum Gasteiger partial charge on any atom is 0.420 e. The molecule has 1 N–H and O–H groups in total. The van der Waals surface area contributed by atoms with Crippen molar-refractivity contribution < 1.29 is 32.2 Å². The number of benzene rings is 3. The van der Waals surface area contributed by atoms with Gasteiger partial charge in [-0.15, -0.1) is 0 Å². The maximum absolute atomic E-state index is 13.9. The Bertz CT molecular complexity index is 1380. The molecule has 0 aliphatic carbocycles. The zero-order valence-corrected chi connectivity index (χ0v) is 19.8. The van der Waals surface area contributed by atoms with Gasteiger partial charge in [-0.1, -0.05) is 36.4 Å². The first kappa shape index (κ1) is 24.4. The van der Waals surface area contributed by atoms with Gasteiger partial charge < -0.3 is 19.7 Å². The lowest BCUT2D eigenvalue weighted by Crippen LogP contribution is -2.34. The number of cyclic esters (lactones) is 1. The number of hydrogen-bond acceptors (Lipinski definition) is 4. The Labute approximate surface area is 211 Å². The minimum atomic E-state index is -4.67. The highest BCUT2D eigenvalue weighted by Crippen LogP contribution is 2.40. The molecule has 0 bridgehead atoms. The van der Waals surface area contributed by atoms with E-state index in [-0.39, 0.29) is 35.1 Å². The van der Waals surface area contributed by atoms with Crippen LogP contribution in [0.4, 0.5) is 23.7 Å². The summed E-state index contributed by atoms with van der Waals surface area (Å²) < 4.78 is 52.5. The number of fused-ring (bicyclic) bond motifs is 1. The van der Waals surface area contributed by atoms with Crippen LogP contribution in [0.15, 0.2) is 66.7 Å². The van der Waals surface area contributed by atoms with Crippen LogP contribution in [0.1, 0.15) is 29.2 Å². The van der Waals surface area contributed by atoms with Gasteiger partial charge in [0.05, 0.1) is 11.6 Å². The average Bonchev–Trinajstić information content (AvgIpc) is 3.38. The van der Waals surface area contributed by atoms with Crippen molar-refractivity contribution in [2.75, 3.05) is 18.5 Å². The third-order valence-corrected chi connectivity index (χ3v) is 6.37. The maximum atomic E-state index is 13.9. The van der Waals surface area contributed by atoms with Crippen LogP contribution in [0.5, 0.6) is 11.5 Å². The van der Waals surface area contributed by atoms with Crippen LogP contribution in [0.2, 0.25) is 0 Å². The molecule has 1 unspecified atom stereocenters. The molecule has 1 fully saturated rings. The minimum absolute atomic E-state index is 0.0864. The van der Waals surface area contributed by atoms with Crippen molar-refractivity contribution in [1.29, 1.82) is 0 Å². The van der Waals surface area contributed by atoms with Crippen LogP contribution < -0.4 is 10.1 Å². The molecular weight excluding hydrogens is 485 g/mol. The third kappa shape index (κ3) is 5.02. The molecule has 6 nitrogen and oxygen atoms in total. The largest absolute Gasteiger partial charge is 0.457 e. The normalized spacial score (nSPS) is 18.1. The first-order valence-corrected chi connectivity index (χ1v) is 11.8. The number of anilines is 1. The van der Waals surface area contributed by atoms with Crippen LogP contribution in [0, 0.1) is 0 Å². The molecule has 0 aromatic heterocycles. The van der Waals surface area contributed by atoms with E-state index in [0.29, 0.717) is 36.4 Å². The highest BCUT2D eigenvalue weighted by atomic mass is 19.4. The number of nitrogens with zero attached hydrogens (tertiary/aromatic N) is 1. The van der Waals surface area contributed by atoms with Gasteiger partial charge >= 0.3 is 12.3 Å². The molecule has 3 aromatic carbocycles. The fraction of sp³-hybridized carbons (Fsp3) is 0.214. The molecule has 3 aromatic rings. The molecule has 37 heavy (non-hydrogen) atoms. The molecule has 2 heterocycles. The molecule has 1 atom stereocenters. The SMILES string of the molecule is CCN1C(=O)OCC1Cc1ccc(Oc2ccc(C=C3C(=O)Nc4ccccc43)cc2C(F)(F)F)cc1. The van der Waals surface area contributed by atoms with Crippen LogP contribution >= 0.6 is 0 Å². The van der Waals surface area contributed by atoms with Crippen LogP contribution in [-0.2, 0) is 22.1 Å². The molecule has 2 amide bonds. The Morgan fingerprint density at radius 2 is 1.84 bits per heavy atom. The van der Waals surface area contributed by atoms with Crippen molar-refractivity contribution >= 4 is 29.3 Å². The van der Waals surface area contributed by atoms with Crippen LogP contribution in [-0.4, -0.2) is 36.1 Å². The van der Waals surface area contributed by atoms with Crippen molar-refractivity contribution in [3.05, 3.63) is 89.0 Å². The van der Waals surface area contributed by atoms with Gasteiger partial charge in [0.25, 0.3) is 5.91 Å². The first-order valence-electron chi connectivity index (χ1n) is 11.8. The van der Waals surface area contributed by atoms with E-state index in [1.807, 2.05) is 6.92 Å². The van der Waals surface area contributed by atoms with E-state index in [0.717, 1.165) is 11.6 Å². The predicted octanol–water partition coefficient (Wildman–Crippen LogP) is 6.37. The monoisotopic (exact) mass is 508 g/mol. The summed E-state index contributed by atoms with van der Waals surface area (Å²) in [6.45, 7) is 2.71. The number of carbonyl (C=O) groups is 2. The summed E-state index contributed by atoms with van der Waals surface area (Å²) >= 11 is 0. The molecule has 1 saturated heterocycles. The van der Waals surface area contributed by atoms with E-state index >= 15 is 0 Å². The lowest BCUT2D eigenvalue weighted by Gasteiger charge is -2.19. The summed E-state index contributed by atoms with van der Waals surface area (Å²) in [6, 6.07) is 17.3. The lowest BCUT2D eigenvalue weighted by atomic mass is 10.0. The smallest absolute Gasteiger partial charge is 0.420 e. The van der Waals surface area contributed by atoms with Gasteiger partial charge in [-0.2, -0.15) is 13.2 Å². The van der Waals surface area contributed by atoms with Crippen LogP contribution in [0.3, 0.4) is 0 Å².